The molecule has 38 heavy (non-hydrogen) atoms. The molecule has 1 N–H and O–H groups in total. The van der Waals surface area contributed by atoms with Crippen LogP contribution < -0.4 is 5.32 Å². The summed E-state index contributed by atoms with van der Waals surface area (Å²) in [5, 5.41) is 3.66. The van der Waals surface area contributed by atoms with Gasteiger partial charge in [0.15, 0.2) is 12.3 Å². The Bertz CT molecular complexity index is 1070. The molecule has 0 spiro atoms. The van der Waals surface area contributed by atoms with E-state index in [2.05, 4.69) is 17.4 Å². The number of hydrogen-bond acceptors (Lipinski definition) is 5. The molecular formula is C31H39ClN2O4. The molecule has 7 heteroatoms. The maximum atomic E-state index is 12.9. The van der Waals surface area contributed by atoms with Gasteiger partial charge in [0.1, 0.15) is 12.7 Å². The zero-order valence-corrected chi connectivity index (χ0v) is 22.8. The Hall–Kier alpha value is -2.41. The topological polar surface area (TPSA) is 69.2 Å². The highest BCUT2D eigenvalue weighted by Gasteiger charge is 2.41. The zero-order valence-electron chi connectivity index (χ0n) is 22.0. The SMILES string of the molecule is O=C(NCCCCC1CCCCC1)C1COC([C@@H]2O[C@H](c3ccccc3Cl)OC[C@@H]2Cc2ccccc2)=N1. The zero-order chi connectivity index (χ0) is 26.2. The van der Waals surface area contributed by atoms with E-state index in [1.54, 1.807) is 0 Å². The van der Waals surface area contributed by atoms with Crippen LogP contribution in [0, 0.1) is 11.8 Å². The Morgan fingerprint density at radius 3 is 2.58 bits per heavy atom. The summed E-state index contributed by atoms with van der Waals surface area (Å²) in [7, 11) is 0. The van der Waals surface area contributed by atoms with Crippen LogP contribution in [0.15, 0.2) is 59.6 Å². The van der Waals surface area contributed by atoms with Gasteiger partial charge in [0.25, 0.3) is 0 Å². The molecule has 2 fully saturated rings. The highest BCUT2D eigenvalue weighted by Crippen LogP contribution is 2.35. The van der Waals surface area contributed by atoms with Gasteiger partial charge in [0.05, 0.1) is 6.61 Å². The van der Waals surface area contributed by atoms with Crippen molar-refractivity contribution >= 4 is 23.4 Å². The molecule has 3 aliphatic rings. The molecule has 2 heterocycles. The number of carbonyl (C=O) groups is 1. The fourth-order valence-corrected chi connectivity index (χ4v) is 6.02. The number of aliphatic imine (C=N–C) groups is 1. The molecule has 0 aromatic heterocycles. The van der Waals surface area contributed by atoms with E-state index < -0.39 is 18.4 Å². The third-order valence-electron chi connectivity index (χ3n) is 7.94. The van der Waals surface area contributed by atoms with Crippen molar-refractivity contribution in [2.75, 3.05) is 19.8 Å². The summed E-state index contributed by atoms with van der Waals surface area (Å²) in [4.78, 5) is 17.6. The second kappa shape index (κ2) is 13.6. The van der Waals surface area contributed by atoms with Crippen molar-refractivity contribution in [3.8, 4) is 0 Å². The fourth-order valence-electron chi connectivity index (χ4n) is 5.80. The van der Waals surface area contributed by atoms with E-state index in [4.69, 9.17) is 30.8 Å². The molecule has 1 saturated heterocycles. The van der Waals surface area contributed by atoms with Gasteiger partial charge in [-0.3, -0.25) is 4.79 Å². The largest absolute Gasteiger partial charge is 0.476 e. The minimum absolute atomic E-state index is 0.00325. The number of nitrogens with one attached hydrogen (secondary N) is 1. The fraction of sp³-hybridized carbons (Fsp3) is 0.548. The number of carbonyl (C=O) groups excluding carboxylic acids is 1. The lowest BCUT2D eigenvalue weighted by Crippen LogP contribution is -2.42. The summed E-state index contributed by atoms with van der Waals surface area (Å²) in [5.41, 5.74) is 1.96. The monoisotopic (exact) mass is 538 g/mol. The van der Waals surface area contributed by atoms with E-state index in [1.165, 1.54) is 50.5 Å². The first kappa shape index (κ1) is 27.2. The van der Waals surface area contributed by atoms with Crippen LogP contribution in [0.25, 0.3) is 0 Å². The molecule has 0 bridgehead atoms. The van der Waals surface area contributed by atoms with Gasteiger partial charge in [-0.15, -0.1) is 0 Å². The van der Waals surface area contributed by atoms with Crippen molar-refractivity contribution < 1.29 is 19.0 Å². The normalized spacial score (nSPS) is 26.0. The Morgan fingerprint density at radius 2 is 1.76 bits per heavy atom. The third kappa shape index (κ3) is 7.16. The summed E-state index contributed by atoms with van der Waals surface area (Å²) in [6.45, 7) is 1.39. The minimum Gasteiger partial charge on any atom is -0.476 e. The lowest BCUT2D eigenvalue weighted by atomic mass is 9.86. The summed E-state index contributed by atoms with van der Waals surface area (Å²) < 4.78 is 18.5. The summed E-state index contributed by atoms with van der Waals surface area (Å²) in [6, 6.07) is 17.2. The van der Waals surface area contributed by atoms with Crippen molar-refractivity contribution in [1.29, 1.82) is 0 Å². The van der Waals surface area contributed by atoms with E-state index in [-0.39, 0.29) is 18.4 Å². The summed E-state index contributed by atoms with van der Waals surface area (Å²) >= 11 is 6.44. The van der Waals surface area contributed by atoms with Gasteiger partial charge in [-0.2, -0.15) is 0 Å². The van der Waals surface area contributed by atoms with Gasteiger partial charge >= 0.3 is 0 Å². The van der Waals surface area contributed by atoms with Crippen molar-refractivity contribution in [2.24, 2.45) is 16.8 Å². The lowest BCUT2D eigenvalue weighted by Gasteiger charge is -2.36. The molecular weight excluding hydrogens is 500 g/mol. The second-order valence-corrected chi connectivity index (χ2v) is 11.2. The van der Waals surface area contributed by atoms with Gasteiger partial charge in [-0.05, 0) is 30.4 Å². The average molecular weight is 539 g/mol. The van der Waals surface area contributed by atoms with Crippen LogP contribution in [-0.2, 0) is 25.4 Å². The molecule has 2 aromatic rings. The first-order valence-electron chi connectivity index (χ1n) is 14.2. The van der Waals surface area contributed by atoms with Gasteiger partial charge < -0.3 is 19.5 Å². The van der Waals surface area contributed by atoms with Gasteiger partial charge in [-0.25, -0.2) is 4.99 Å². The molecule has 5 rings (SSSR count). The standard InChI is InChI=1S/C31H39ClN2O4/c32-26-17-8-7-16-25(26)31-37-20-24(19-23-14-5-2-6-15-23)28(38-31)30-34-27(21-36-30)29(35)33-18-10-9-13-22-11-3-1-4-12-22/h2,5-8,14-17,22,24,27-28,31H,1,3-4,9-13,18-21H2,(H,33,35)/t24-,27?,28+,31+/m0/s1. The molecule has 204 valence electrons. The Balaban J connectivity index is 1.19. The maximum Gasteiger partial charge on any atom is 0.248 e. The second-order valence-electron chi connectivity index (χ2n) is 10.8. The van der Waals surface area contributed by atoms with E-state index >= 15 is 0 Å². The highest BCUT2D eigenvalue weighted by molar-refractivity contribution is 6.31. The molecule has 1 aliphatic carbocycles. The number of ether oxygens (including phenoxy) is 3. The van der Waals surface area contributed by atoms with Crippen molar-refractivity contribution in [1.82, 2.24) is 5.32 Å². The van der Waals surface area contributed by atoms with Crippen LogP contribution in [0.3, 0.4) is 0 Å². The summed E-state index contributed by atoms with van der Waals surface area (Å²) in [6.07, 6.45) is 10.1. The third-order valence-corrected chi connectivity index (χ3v) is 8.29. The minimum atomic E-state index is -0.621. The van der Waals surface area contributed by atoms with Crippen LogP contribution in [-0.4, -0.2) is 43.7 Å². The Morgan fingerprint density at radius 1 is 0.974 bits per heavy atom. The van der Waals surface area contributed by atoms with E-state index in [1.807, 2.05) is 42.5 Å². The highest BCUT2D eigenvalue weighted by atomic mass is 35.5. The molecule has 4 atom stereocenters. The molecule has 1 saturated carbocycles. The first-order valence-corrected chi connectivity index (χ1v) is 14.6. The number of hydrogen-bond donors (Lipinski definition) is 1. The van der Waals surface area contributed by atoms with Crippen LogP contribution in [0.5, 0.6) is 0 Å². The van der Waals surface area contributed by atoms with Crippen LogP contribution in [0.1, 0.15) is 68.8 Å². The molecule has 1 amide bonds. The van der Waals surface area contributed by atoms with Crippen LogP contribution >= 0.6 is 11.6 Å². The lowest BCUT2D eigenvalue weighted by molar-refractivity contribution is -0.225. The quantitative estimate of drug-likeness (QED) is 0.362. The first-order chi connectivity index (χ1) is 18.7. The van der Waals surface area contributed by atoms with Crippen molar-refractivity contribution in [3.05, 3.63) is 70.7 Å². The number of benzene rings is 2. The van der Waals surface area contributed by atoms with Gasteiger partial charge in [0.2, 0.25) is 11.8 Å². The van der Waals surface area contributed by atoms with Gasteiger partial charge in [0, 0.05) is 23.0 Å². The van der Waals surface area contributed by atoms with Crippen molar-refractivity contribution in [2.45, 2.75) is 76.2 Å². The molecule has 6 nitrogen and oxygen atoms in total. The summed E-state index contributed by atoms with van der Waals surface area (Å²) in [5.74, 6) is 1.28. The average Bonchev–Trinajstić information content (AvgIpc) is 3.45. The van der Waals surface area contributed by atoms with E-state index in [0.29, 0.717) is 24.1 Å². The van der Waals surface area contributed by atoms with Gasteiger partial charge in [-0.1, -0.05) is 105 Å². The molecule has 0 radical (unpaired) electrons. The van der Waals surface area contributed by atoms with E-state index in [0.717, 1.165) is 24.3 Å². The predicted octanol–water partition coefficient (Wildman–Crippen LogP) is 6.28. The Labute approximate surface area is 231 Å². The van der Waals surface area contributed by atoms with Crippen LogP contribution in [0.4, 0.5) is 0 Å². The number of amides is 1. The molecule has 2 aromatic carbocycles. The van der Waals surface area contributed by atoms with Crippen LogP contribution in [0.2, 0.25) is 5.02 Å². The van der Waals surface area contributed by atoms with Crippen molar-refractivity contribution in [3.63, 3.8) is 0 Å². The Kier molecular flexibility index (Phi) is 9.72. The molecule has 1 unspecified atom stereocenters. The van der Waals surface area contributed by atoms with E-state index in [9.17, 15) is 4.79 Å². The smallest absolute Gasteiger partial charge is 0.248 e. The number of halogens is 1. The predicted molar refractivity (Wildman–Crippen MR) is 149 cm³/mol. The number of rotatable bonds is 10. The number of unbranched alkanes of at least 4 members (excludes halogenated alkanes) is 1. The number of nitrogens with zero attached hydrogens (tertiary/aromatic N) is 1. The maximum absolute atomic E-state index is 12.9. The molecule has 2 aliphatic heterocycles.